The van der Waals surface area contributed by atoms with Crippen molar-refractivity contribution in [3.8, 4) is 0 Å². The molecule has 0 rings (SSSR count). The van der Waals surface area contributed by atoms with Crippen LogP contribution in [-0.2, 0) is 4.84 Å². The molecule has 0 fully saturated rings. The number of hydrogen-bond donors (Lipinski definition) is 1. The van der Waals surface area contributed by atoms with E-state index in [1.54, 1.807) is 13.3 Å². The Morgan fingerprint density at radius 1 is 1.62 bits per heavy atom. The van der Waals surface area contributed by atoms with E-state index < -0.39 is 0 Å². The molecule has 0 atom stereocenters. The Bertz CT molecular complexity index is 70.8. The second kappa shape index (κ2) is 4.59. The average Bonchev–Trinajstić information content (AvgIpc) is 1.66. The summed E-state index contributed by atoms with van der Waals surface area (Å²) in [6.45, 7) is 0.911. The SMILES string of the molecule is CO/N=C/C[NH+](C)C. The minimum atomic E-state index is 0.911. The largest absolute Gasteiger partial charge is 0.399 e. The molecule has 0 aliphatic heterocycles. The van der Waals surface area contributed by atoms with Crippen molar-refractivity contribution >= 4 is 6.21 Å². The van der Waals surface area contributed by atoms with Gasteiger partial charge in [-0.05, 0) is 0 Å². The molecule has 0 unspecified atom stereocenters. The quantitative estimate of drug-likeness (QED) is 0.363. The Morgan fingerprint density at radius 3 is 2.62 bits per heavy atom. The van der Waals surface area contributed by atoms with Crippen LogP contribution in [0.3, 0.4) is 0 Å². The van der Waals surface area contributed by atoms with Crippen LogP contribution in [0.1, 0.15) is 0 Å². The molecule has 48 valence electrons. The first-order chi connectivity index (χ1) is 3.77. The molecule has 0 aromatic carbocycles. The third-order valence-corrected chi connectivity index (χ3v) is 0.679. The van der Waals surface area contributed by atoms with E-state index in [1.807, 2.05) is 0 Å². The lowest BCUT2D eigenvalue weighted by molar-refractivity contribution is -0.847. The summed E-state index contributed by atoms with van der Waals surface area (Å²) in [5, 5.41) is 3.57. The van der Waals surface area contributed by atoms with Gasteiger partial charge < -0.3 is 9.74 Å². The van der Waals surface area contributed by atoms with E-state index in [2.05, 4.69) is 24.1 Å². The van der Waals surface area contributed by atoms with Gasteiger partial charge in [-0.15, -0.1) is 0 Å². The van der Waals surface area contributed by atoms with Gasteiger partial charge in [0.1, 0.15) is 13.7 Å². The highest BCUT2D eigenvalue weighted by atomic mass is 16.6. The summed E-state index contributed by atoms with van der Waals surface area (Å²) in [5.41, 5.74) is 0. The molecule has 8 heavy (non-hydrogen) atoms. The van der Waals surface area contributed by atoms with Gasteiger partial charge in [-0.2, -0.15) is 0 Å². The van der Waals surface area contributed by atoms with E-state index in [0.29, 0.717) is 0 Å². The smallest absolute Gasteiger partial charge is 0.116 e. The van der Waals surface area contributed by atoms with Crippen LogP contribution in [-0.4, -0.2) is 34.0 Å². The number of hydrogen-bond acceptors (Lipinski definition) is 2. The third kappa shape index (κ3) is 5.43. The zero-order chi connectivity index (χ0) is 6.41. The maximum atomic E-state index is 4.45. The van der Waals surface area contributed by atoms with Gasteiger partial charge in [0.2, 0.25) is 0 Å². The predicted molar refractivity (Wildman–Crippen MR) is 33.2 cm³/mol. The molecule has 0 saturated heterocycles. The lowest BCUT2D eigenvalue weighted by Gasteiger charge is -1.99. The van der Waals surface area contributed by atoms with Gasteiger partial charge >= 0.3 is 0 Å². The number of nitrogens with one attached hydrogen (secondary N) is 1. The van der Waals surface area contributed by atoms with Crippen LogP contribution in [0.25, 0.3) is 0 Å². The van der Waals surface area contributed by atoms with E-state index in [0.717, 1.165) is 6.54 Å². The molecule has 0 saturated carbocycles. The van der Waals surface area contributed by atoms with Crippen molar-refractivity contribution in [3.05, 3.63) is 0 Å². The second-order valence-corrected chi connectivity index (χ2v) is 1.88. The van der Waals surface area contributed by atoms with Crippen molar-refractivity contribution in [2.24, 2.45) is 5.16 Å². The van der Waals surface area contributed by atoms with Crippen molar-refractivity contribution in [3.63, 3.8) is 0 Å². The second-order valence-electron chi connectivity index (χ2n) is 1.88. The Balaban J connectivity index is 3.03. The zero-order valence-corrected chi connectivity index (χ0v) is 5.64. The summed E-state index contributed by atoms with van der Waals surface area (Å²) in [7, 11) is 5.66. The monoisotopic (exact) mass is 117 g/mol. The van der Waals surface area contributed by atoms with E-state index in [9.17, 15) is 0 Å². The van der Waals surface area contributed by atoms with Gasteiger partial charge in [-0.25, -0.2) is 0 Å². The fraction of sp³-hybridized carbons (Fsp3) is 0.800. The zero-order valence-electron chi connectivity index (χ0n) is 5.64. The molecule has 0 spiro atoms. The summed E-state index contributed by atoms with van der Waals surface area (Å²) in [4.78, 5) is 5.79. The molecular formula is C5H13N2O+. The normalized spacial score (nSPS) is 11.0. The first-order valence-electron chi connectivity index (χ1n) is 2.61. The molecule has 1 N–H and O–H groups in total. The summed E-state index contributed by atoms with van der Waals surface area (Å²) in [6, 6.07) is 0. The molecule has 0 radical (unpaired) electrons. The highest BCUT2D eigenvalue weighted by molar-refractivity contribution is 5.56. The van der Waals surface area contributed by atoms with Gasteiger partial charge in [0.05, 0.1) is 20.3 Å². The van der Waals surface area contributed by atoms with Crippen molar-refractivity contribution < 1.29 is 9.74 Å². The molecule has 0 amide bonds. The van der Waals surface area contributed by atoms with Crippen LogP contribution in [0.5, 0.6) is 0 Å². The molecular weight excluding hydrogens is 104 g/mol. The number of oxime groups is 1. The Kier molecular flexibility index (Phi) is 4.26. The number of quaternary nitrogens is 1. The van der Waals surface area contributed by atoms with Crippen LogP contribution in [0, 0.1) is 0 Å². The maximum absolute atomic E-state index is 4.45. The predicted octanol–water partition coefficient (Wildman–Crippen LogP) is -1.24. The van der Waals surface area contributed by atoms with Crippen molar-refractivity contribution in [2.75, 3.05) is 27.7 Å². The summed E-state index contributed by atoms with van der Waals surface area (Å²) in [5.74, 6) is 0. The van der Waals surface area contributed by atoms with Gasteiger partial charge in [0, 0.05) is 0 Å². The fourth-order valence-electron chi connectivity index (χ4n) is 0.294. The third-order valence-electron chi connectivity index (χ3n) is 0.679. The first-order valence-corrected chi connectivity index (χ1v) is 2.61. The molecule has 0 aliphatic carbocycles. The molecule has 0 aromatic rings. The van der Waals surface area contributed by atoms with Crippen molar-refractivity contribution in [2.45, 2.75) is 0 Å². The molecule has 0 aliphatic rings. The molecule has 0 aromatic heterocycles. The minimum Gasteiger partial charge on any atom is -0.399 e. The van der Waals surface area contributed by atoms with Crippen LogP contribution in [0.2, 0.25) is 0 Å². The molecule has 3 heteroatoms. The highest BCUT2D eigenvalue weighted by Gasteiger charge is 1.83. The Hall–Kier alpha value is -0.570. The topological polar surface area (TPSA) is 26.0 Å². The Labute approximate surface area is 49.9 Å². The van der Waals surface area contributed by atoms with Gasteiger partial charge in [-0.3, -0.25) is 0 Å². The van der Waals surface area contributed by atoms with Crippen molar-refractivity contribution in [1.29, 1.82) is 0 Å². The average molecular weight is 117 g/mol. The highest BCUT2D eigenvalue weighted by Crippen LogP contribution is 1.57. The lowest BCUT2D eigenvalue weighted by atomic mass is 10.7. The maximum Gasteiger partial charge on any atom is 0.116 e. The molecule has 3 nitrogen and oxygen atoms in total. The fourth-order valence-corrected chi connectivity index (χ4v) is 0.294. The number of rotatable bonds is 3. The summed E-state index contributed by atoms with van der Waals surface area (Å²) >= 11 is 0. The van der Waals surface area contributed by atoms with Gasteiger partial charge in [-0.1, -0.05) is 5.16 Å². The number of nitrogens with zero attached hydrogens (tertiary/aromatic N) is 1. The standard InChI is InChI=1S/C5H12N2O/c1-7(2)5-4-6-8-3/h4H,5H2,1-3H3/p+1/b6-4+. The molecule has 0 bridgehead atoms. The van der Waals surface area contributed by atoms with Crippen LogP contribution < -0.4 is 4.90 Å². The minimum absolute atomic E-state index is 0.911. The Morgan fingerprint density at radius 2 is 2.25 bits per heavy atom. The van der Waals surface area contributed by atoms with E-state index in [-0.39, 0.29) is 0 Å². The first kappa shape index (κ1) is 7.43. The van der Waals surface area contributed by atoms with Crippen LogP contribution in [0.4, 0.5) is 0 Å². The van der Waals surface area contributed by atoms with Crippen LogP contribution in [0.15, 0.2) is 5.16 Å². The van der Waals surface area contributed by atoms with Crippen LogP contribution >= 0.6 is 0 Å². The summed E-state index contributed by atoms with van der Waals surface area (Å²) in [6.07, 6.45) is 1.75. The van der Waals surface area contributed by atoms with E-state index in [1.165, 1.54) is 4.90 Å². The van der Waals surface area contributed by atoms with E-state index >= 15 is 0 Å². The van der Waals surface area contributed by atoms with E-state index in [4.69, 9.17) is 0 Å². The lowest BCUT2D eigenvalue weighted by Crippen LogP contribution is -3.06. The van der Waals surface area contributed by atoms with Gasteiger partial charge in [0.25, 0.3) is 0 Å². The molecule has 0 heterocycles. The van der Waals surface area contributed by atoms with Gasteiger partial charge in [0.15, 0.2) is 0 Å². The summed E-state index contributed by atoms with van der Waals surface area (Å²) < 4.78 is 0. The van der Waals surface area contributed by atoms with Crippen molar-refractivity contribution in [1.82, 2.24) is 0 Å².